The summed E-state index contributed by atoms with van der Waals surface area (Å²) in [6.07, 6.45) is 5.94. The van der Waals surface area contributed by atoms with Crippen molar-refractivity contribution in [2.75, 3.05) is 6.61 Å². The van der Waals surface area contributed by atoms with Gasteiger partial charge in [0.2, 0.25) is 0 Å². The van der Waals surface area contributed by atoms with Crippen LogP contribution in [0.5, 0.6) is 5.75 Å². The molecule has 5 heteroatoms. The minimum absolute atomic E-state index is 0.245. The first-order chi connectivity index (χ1) is 13.6. The Bertz CT molecular complexity index is 1020. The zero-order valence-electron chi connectivity index (χ0n) is 15.7. The van der Waals surface area contributed by atoms with Crippen molar-refractivity contribution in [3.8, 4) is 34.5 Å². The highest BCUT2D eigenvalue weighted by atomic mass is 16.5. The van der Waals surface area contributed by atoms with Crippen molar-refractivity contribution in [3.63, 3.8) is 0 Å². The number of rotatable bonds is 7. The molecule has 0 aliphatic rings. The second-order valence-corrected chi connectivity index (χ2v) is 6.34. The monoisotopic (exact) mass is 374 g/mol. The molecule has 2 aromatic carbocycles. The first-order valence-corrected chi connectivity index (χ1v) is 9.13. The van der Waals surface area contributed by atoms with E-state index in [1.807, 2.05) is 41.2 Å². The van der Waals surface area contributed by atoms with Crippen LogP contribution in [-0.4, -0.2) is 22.2 Å². The van der Waals surface area contributed by atoms with Gasteiger partial charge >= 0.3 is 5.97 Å². The molecule has 3 N–H and O–H groups in total. The number of carboxylic acids is 1. The van der Waals surface area contributed by atoms with E-state index in [2.05, 4.69) is 18.9 Å². The Balaban J connectivity index is 1.96. The molecule has 28 heavy (non-hydrogen) atoms. The van der Waals surface area contributed by atoms with E-state index in [0.29, 0.717) is 6.61 Å². The largest absolute Gasteiger partial charge is 0.494 e. The maximum absolute atomic E-state index is 11.1. The minimum Gasteiger partial charge on any atom is -0.494 e. The van der Waals surface area contributed by atoms with Crippen LogP contribution < -0.4 is 10.5 Å². The molecule has 142 valence electrons. The summed E-state index contributed by atoms with van der Waals surface area (Å²) in [5.74, 6) is 2.80. The molecule has 5 nitrogen and oxygen atoms in total. The topological polar surface area (TPSA) is 77.5 Å². The number of hydrogen-bond donors (Lipinski definition) is 2. The Kier molecular flexibility index (Phi) is 6.03. The average molecular weight is 374 g/mol. The van der Waals surface area contributed by atoms with Gasteiger partial charge in [-0.15, -0.1) is 0 Å². The predicted molar refractivity (Wildman–Crippen MR) is 110 cm³/mol. The van der Waals surface area contributed by atoms with E-state index in [1.165, 1.54) is 0 Å². The SMILES string of the molecule is CCCCOc1cccc(-c2cn(-c3ccc(C(=O)O)cc3)cc2C#CN)c1. The number of aromatic carboxylic acids is 1. The standard InChI is InChI=1S/C23H22N2O3/c1-2-3-13-28-21-6-4-5-18(14-21)22-16-25(15-19(22)11-12-24)20-9-7-17(8-10-20)23(26)27/h4-10,14-16H,2-3,13,24H2,1H3,(H,26,27). The van der Waals surface area contributed by atoms with E-state index < -0.39 is 5.97 Å². The number of nitrogens with zero attached hydrogens (tertiary/aromatic N) is 1. The Morgan fingerprint density at radius 1 is 1.18 bits per heavy atom. The van der Waals surface area contributed by atoms with Crippen molar-refractivity contribution in [2.45, 2.75) is 19.8 Å². The van der Waals surface area contributed by atoms with Crippen molar-refractivity contribution < 1.29 is 14.6 Å². The lowest BCUT2D eigenvalue weighted by Gasteiger charge is -2.07. The first kappa shape index (κ1) is 19.1. The molecule has 3 aromatic rings. The summed E-state index contributed by atoms with van der Waals surface area (Å²) in [6.45, 7) is 2.82. The van der Waals surface area contributed by atoms with Gasteiger partial charge in [0.05, 0.1) is 17.7 Å². The van der Waals surface area contributed by atoms with E-state index in [1.54, 1.807) is 24.3 Å². The van der Waals surface area contributed by atoms with Crippen LogP contribution >= 0.6 is 0 Å². The van der Waals surface area contributed by atoms with Gasteiger partial charge in [-0.25, -0.2) is 4.79 Å². The summed E-state index contributed by atoms with van der Waals surface area (Å²) in [5, 5.41) is 9.07. The number of hydrogen-bond acceptors (Lipinski definition) is 3. The van der Waals surface area contributed by atoms with E-state index in [4.69, 9.17) is 15.6 Å². The number of carbonyl (C=O) groups is 1. The number of benzene rings is 2. The van der Waals surface area contributed by atoms with Crippen LogP contribution in [0, 0.1) is 12.0 Å². The summed E-state index contributed by atoms with van der Waals surface area (Å²) in [7, 11) is 0. The number of aromatic nitrogens is 1. The van der Waals surface area contributed by atoms with E-state index in [-0.39, 0.29) is 5.56 Å². The molecule has 0 aliphatic heterocycles. The van der Waals surface area contributed by atoms with Crippen LogP contribution in [-0.2, 0) is 0 Å². The highest BCUT2D eigenvalue weighted by Gasteiger charge is 2.11. The average Bonchev–Trinajstić information content (AvgIpc) is 3.13. The normalized spacial score (nSPS) is 10.2. The summed E-state index contributed by atoms with van der Waals surface area (Å²) < 4.78 is 7.72. The third kappa shape index (κ3) is 4.36. The predicted octanol–water partition coefficient (Wildman–Crippen LogP) is 4.29. The molecule has 0 spiro atoms. The maximum atomic E-state index is 11.1. The fourth-order valence-corrected chi connectivity index (χ4v) is 2.87. The van der Waals surface area contributed by atoms with Crippen molar-refractivity contribution in [2.24, 2.45) is 5.73 Å². The highest BCUT2D eigenvalue weighted by Crippen LogP contribution is 2.29. The summed E-state index contributed by atoms with van der Waals surface area (Å²) in [5.41, 5.74) is 9.24. The molecule has 1 heterocycles. The van der Waals surface area contributed by atoms with Crippen molar-refractivity contribution in [3.05, 3.63) is 72.1 Å². The smallest absolute Gasteiger partial charge is 0.335 e. The van der Waals surface area contributed by atoms with Crippen LogP contribution in [0.1, 0.15) is 35.7 Å². The van der Waals surface area contributed by atoms with Crippen LogP contribution in [0.3, 0.4) is 0 Å². The molecule has 0 amide bonds. The second kappa shape index (κ2) is 8.83. The fraction of sp³-hybridized carbons (Fsp3) is 0.174. The Hall–Kier alpha value is -3.65. The molecule has 0 atom stereocenters. The molecule has 0 radical (unpaired) electrons. The number of unbranched alkanes of at least 4 members (excludes halogenated alkanes) is 1. The summed E-state index contributed by atoms with van der Waals surface area (Å²) >= 11 is 0. The lowest BCUT2D eigenvalue weighted by Crippen LogP contribution is -1.97. The molecule has 1 aromatic heterocycles. The molecule has 0 aliphatic carbocycles. The molecular weight excluding hydrogens is 352 g/mol. The summed E-state index contributed by atoms with van der Waals surface area (Å²) in [6, 6.07) is 17.0. The van der Waals surface area contributed by atoms with Gasteiger partial charge in [0.25, 0.3) is 0 Å². The maximum Gasteiger partial charge on any atom is 0.335 e. The molecule has 0 saturated heterocycles. The Morgan fingerprint density at radius 2 is 1.96 bits per heavy atom. The molecule has 0 fully saturated rings. The number of carboxylic acid groups (broad SMARTS) is 1. The zero-order chi connectivity index (χ0) is 19.9. The van der Waals surface area contributed by atoms with E-state index in [0.717, 1.165) is 41.0 Å². The fourth-order valence-electron chi connectivity index (χ4n) is 2.87. The van der Waals surface area contributed by atoms with Gasteiger partial charge in [0.1, 0.15) is 5.75 Å². The first-order valence-electron chi connectivity index (χ1n) is 9.13. The third-order valence-corrected chi connectivity index (χ3v) is 4.36. The molecule has 0 saturated carbocycles. The van der Waals surface area contributed by atoms with Crippen molar-refractivity contribution >= 4 is 5.97 Å². The highest BCUT2D eigenvalue weighted by molar-refractivity contribution is 5.87. The Morgan fingerprint density at radius 3 is 2.64 bits per heavy atom. The van der Waals surface area contributed by atoms with Gasteiger partial charge < -0.3 is 20.1 Å². The number of nitrogens with two attached hydrogens (primary N) is 1. The molecule has 3 rings (SSSR count). The lowest BCUT2D eigenvalue weighted by molar-refractivity contribution is 0.0697. The van der Waals surface area contributed by atoms with Gasteiger partial charge in [-0.1, -0.05) is 25.5 Å². The van der Waals surface area contributed by atoms with Gasteiger partial charge in [-0.2, -0.15) is 0 Å². The van der Waals surface area contributed by atoms with Crippen LogP contribution in [0.4, 0.5) is 0 Å². The summed E-state index contributed by atoms with van der Waals surface area (Å²) in [4.78, 5) is 11.1. The second-order valence-electron chi connectivity index (χ2n) is 6.34. The third-order valence-electron chi connectivity index (χ3n) is 4.36. The van der Waals surface area contributed by atoms with Crippen molar-refractivity contribution in [1.29, 1.82) is 0 Å². The molecule has 0 bridgehead atoms. The van der Waals surface area contributed by atoms with Crippen LogP contribution in [0.2, 0.25) is 0 Å². The van der Waals surface area contributed by atoms with Gasteiger partial charge in [-0.3, -0.25) is 0 Å². The van der Waals surface area contributed by atoms with Gasteiger partial charge in [0, 0.05) is 29.7 Å². The minimum atomic E-state index is -0.950. The molecule has 0 unspecified atom stereocenters. The number of ether oxygens (including phenoxy) is 1. The van der Waals surface area contributed by atoms with E-state index >= 15 is 0 Å². The zero-order valence-corrected chi connectivity index (χ0v) is 15.7. The van der Waals surface area contributed by atoms with Gasteiger partial charge in [-0.05, 0) is 54.3 Å². The van der Waals surface area contributed by atoms with Crippen LogP contribution in [0.15, 0.2) is 60.9 Å². The lowest BCUT2D eigenvalue weighted by atomic mass is 10.0. The van der Waals surface area contributed by atoms with Crippen molar-refractivity contribution in [1.82, 2.24) is 4.57 Å². The quantitative estimate of drug-likeness (QED) is 0.367. The van der Waals surface area contributed by atoms with Gasteiger partial charge in [0.15, 0.2) is 0 Å². The Labute approximate surface area is 164 Å². The van der Waals surface area contributed by atoms with Crippen LogP contribution in [0.25, 0.3) is 16.8 Å². The van der Waals surface area contributed by atoms with E-state index in [9.17, 15) is 4.79 Å². The molecular formula is C23H22N2O3.